The third kappa shape index (κ3) is 3.72. The van der Waals surface area contributed by atoms with Crippen molar-refractivity contribution in [2.45, 2.75) is 6.42 Å². The standard InChI is InChI=1S/C20H15NO4S/c1-25-19-9-6-15(20-3-2-10-26-20)11-16(19)12-17(13-22)14-4-7-18(8-5-14)21(23)24/h2-11H,12H2,1H3. The molecule has 0 aliphatic heterocycles. The van der Waals surface area contributed by atoms with Crippen LogP contribution >= 0.6 is 11.3 Å². The first-order valence-corrected chi connectivity index (χ1v) is 8.70. The molecular weight excluding hydrogens is 350 g/mol. The number of nitro groups is 1. The molecule has 0 amide bonds. The topological polar surface area (TPSA) is 69.4 Å². The van der Waals surface area contributed by atoms with Gasteiger partial charge in [0, 0.05) is 29.0 Å². The van der Waals surface area contributed by atoms with E-state index in [1.807, 2.05) is 41.7 Å². The summed E-state index contributed by atoms with van der Waals surface area (Å²) in [7, 11) is 1.58. The minimum atomic E-state index is -0.471. The van der Waals surface area contributed by atoms with Crippen LogP contribution in [0.15, 0.2) is 60.0 Å². The lowest BCUT2D eigenvalue weighted by molar-refractivity contribution is -0.384. The van der Waals surface area contributed by atoms with Gasteiger partial charge in [-0.3, -0.25) is 10.1 Å². The van der Waals surface area contributed by atoms with E-state index >= 15 is 0 Å². The Balaban J connectivity index is 1.94. The molecule has 0 aliphatic carbocycles. The molecule has 26 heavy (non-hydrogen) atoms. The Hall–Kier alpha value is -3.21. The third-order valence-corrected chi connectivity index (χ3v) is 4.92. The van der Waals surface area contributed by atoms with E-state index < -0.39 is 4.92 Å². The van der Waals surface area contributed by atoms with E-state index in [-0.39, 0.29) is 5.69 Å². The Morgan fingerprint density at radius 2 is 1.96 bits per heavy atom. The molecule has 0 unspecified atom stereocenters. The lowest BCUT2D eigenvalue weighted by Gasteiger charge is -2.11. The zero-order chi connectivity index (χ0) is 18.5. The van der Waals surface area contributed by atoms with Gasteiger partial charge in [-0.05, 0) is 58.5 Å². The van der Waals surface area contributed by atoms with Crippen molar-refractivity contribution in [2.24, 2.45) is 0 Å². The lowest BCUT2D eigenvalue weighted by atomic mass is 9.97. The van der Waals surface area contributed by atoms with Gasteiger partial charge in [-0.2, -0.15) is 0 Å². The van der Waals surface area contributed by atoms with Crippen LogP contribution in [0.4, 0.5) is 5.69 Å². The molecule has 1 aromatic heterocycles. The normalized spacial score (nSPS) is 10.2. The van der Waals surface area contributed by atoms with Crippen LogP contribution < -0.4 is 4.74 Å². The molecule has 0 fully saturated rings. The number of non-ortho nitro benzene ring substituents is 1. The smallest absolute Gasteiger partial charge is 0.269 e. The van der Waals surface area contributed by atoms with Crippen LogP contribution in [0, 0.1) is 10.1 Å². The first kappa shape index (κ1) is 17.6. The van der Waals surface area contributed by atoms with Crippen LogP contribution in [0.5, 0.6) is 5.75 Å². The molecule has 0 atom stereocenters. The van der Waals surface area contributed by atoms with Crippen LogP contribution in [0.3, 0.4) is 0 Å². The van der Waals surface area contributed by atoms with Crippen LogP contribution in [-0.4, -0.2) is 18.0 Å². The van der Waals surface area contributed by atoms with Crippen LogP contribution in [0.1, 0.15) is 11.1 Å². The highest BCUT2D eigenvalue weighted by atomic mass is 32.1. The highest BCUT2D eigenvalue weighted by molar-refractivity contribution is 7.13. The van der Waals surface area contributed by atoms with Crippen molar-refractivity contribution >= 4 is 28.5 Å². The number of nitro benzene ring substituents is 1. The van der Waals surface area contributed by atoms with E-state index in [0.717, 1.165) is 16.0 Å². The van der Waals surface area contributed by atoms with Crippen LogP contribution in [0.2, 0.25) is 0 Å². The fraction of sp³-hybridized carbons (Fsp3) is 0.100. The summed E-state index contributed by atoms with van der Waals surface area (Å²) in [5, 5.41) is 12.8. The molecule has 3 aromatic rings. The van der Waals surface area contributed by atoms with Crippen molar-refractivity contribution in [3.05, 3.63) is 81.2 Å². The molecule has 5 nitrogen and oxygen atoms in total. The van der Waals surface area contributed by atoms with E-state index in [1.54, 1.807) is 30.6 Å². The Labute approximate surface area is 154 Å². The van der Waals surface area contributed by atoms with Gasteiger partial charge in [0.05, 0.1) is 12.0 Å². The Morgan fingerprint density at radius 3 is 2.54 bits per heavy atom. The number of rotatable bonds is 6. The second kappa shape index (κ2) is 7.78. The summed E-state index contributed by atoms with van der Waals surface area (Å²) in [5.74, 6) is 2.65. The van der Waals surface area contributed by atoms with Crippen molar-refractivity contribution in [1.82, 2.24) is 0 Å². The summed E-state index contributed by atoms with van der Waals surface area (Å²) in [6.07, 6.45) is 0.323. The molecule has 2 aromatic carbocycles. The summed E-state index contributed by atoms with van der Waals surface area (Å²) in [5.41, 5.74) is 2.91. The molecule has 1 heterocycles. The maximum absolute atomic E-state index is 11.5. The predicted molar refractivity (Wildman–Crippen MR) is 102 cm³/mol. The number of carbonyl (C=O) groups excluding carboxylic acids is 1. The van der Waals surface area contributed by atoms with Gasteiger partial charge in [-0.25, -0.2) is 4.79 Å². The Bertz CT molecular complexity index is 972. The zero-order valence-corrected chi connectivity index (χ0v) is 14.8. The molecule has 0 saturated heterocycles. The molecule has 3 rings (SSSR count). The molecule has 6 heteroatoms. The maximum Gasteiger partial charge on any atom is 0.269 e. The zero-order valence-electron chi connectivity index (χ0n) is 14.0. The van der Waals surface area contributed by atoms with Gasteiger partial charge in [0.15, 0.2) is 0 Å². The van der Waals surface area contributed by atoms with Gasteiger partial charge in [-0.1, -0.05) is 6.07 Å². The molecule has 0 saturated carbocycles. The van der Waals surface area contributed by atoms with Crippen molar-refractivity contribution in [3.63, 3.8) is 0 Å². The fourth-order valence-corrected chi connectivity index (χ4v) is 3.41. The fourth-order valence-electron chi connectivity index (χ4n) is 2.68. The lowest BCUT2D eigenvalue weighted by Crippen LogP contribution is -1.97. The molecule has 0 bridgehead atoms. The second-order valence-electron chi connectivity index (χ2n) is 5.57. The first-order chi connectivity index (χ1) is 12.6. The van der Waals surface area contributed by atoms with Crippen molar-refractivity contribution < 1.29 is 14.5 Å². The summed E-state index contributed by atoms with van der Waals surface area (Å²) < 4.78 is 5.42. The van der Waals surface area contributed by atoms with E-state index in [1.165, 1.54) is 12.1 Å². The number of allylic oxidation sites excluding steroid dienone is 1. The van der Waals surface area contributed by atoms with Crippen LogP contribution in [-0.2, 0) is 11.2 Å². The molecule has 130 valence electrons. The average molecular weight is 365 g/mol. The number of ether oxygens (including phenoxy) is 1. The quantitative estimate of drug-likeness (QED) is 0.358. The summed E-state index contributed by atoms with van der Waals surface area (Å²) in [6.45, 7) is 0. The maximum atomic E-state index is 11.5. The SMILES string of the molecule is COc1ccc(-c2cccs2)cc1CC(=C=O)c1ccc([N+](=O)[O-])cc1. The number of thiophene rings is 1. The molecule has 0 N–H and O–H groups in total. The third-order valence-electron chi connectivity index (χ3n) is 4.00. The van der Waals surface area contributed by atoms with Gasteiger partial charge in [0.1, 0.15) is 11.7 Å². The van der Waals surface area contributed by atoms with Crippen molar-refractivity contribution in [2.75, 3.05) is 7.11 Å². The highest BCUT2D eigenvalue weighted by Gasteiger charge is 2.13. The van der Waals surface area contributed by atoms with Gasteiger partial charge < -0.3 is 4.74 Å². The predicted octanol–water partition coefficient (Wildman–Crippen LogP) is 4.79. The van der Waals surface area contributed by atoms with E-state index in [2.05, 4.69) is 0 Å². The van der Waals surface area contributed by atoms with E-state index in [4.69, 9.17) is 4.74 Å². The molecule has 0 aliphatic rings. The van der Waals surface area contributed by atoms with Gasteiger partial charge in [-0.15, -0.1) is 11.3 Å². The number of nitrogens with zero attached hydrogens (tertiary/aromatic N) is 1. The average Bonchev–Trinajstić information content (AvgIpc) is 3.21. The monoisotopic (exact) mass is 365 g/mol. The van der Waals surface area contributed by atoms with Gasteiger partial charge >= 0.3 is 0 Å². The number of benzene rings is 2. The number of methoxy groups -OCH3 is 1. The van der Waals surface area contributed by atoms with Crippen LogP contribution in [0.25, 0.3) is 16.0 Å². The first-order valence-electron chi connectivity index (χ1n) is 7.82. The minimum absolute atomic E-state index is 0.0173. The minimum Gasteiger partial charge on any atom is -0.496 e. The van der Waals surface area contributed by atoms with Gasteiger partial charge in [0.2, 0.25) is 0 Å². The van der Waals surface area contributed by atoms with E-state index in [9.17, 15) is 14.9 Å². The van der Waals surface area contributed by atoms with E-state index in [0.29, 0.717) is 23.3 Å². The molecular formula is C20H15NO4S. The largest absolute Gasteiger partial charge is 0.496 e. The summed E-state index contributed by atoms with van der Waals surface area (Å²) in [4.78, 5) is 22.9. The van der Waals surface area contributed by atoms with Crippen molar-refractivity contribution in [1.29, 1.82) is 0 Å². The second-order valence-corrected chi connectivity index (χ2v) is 6.51. The molecule has 0 spiro atoms. The summed E-state index contributed by atoms with van der Waals surface area (Å²) in [6, 6.07) is 15.8. The van der Waals surface area contributed by atoms with Crippen molar-refractivity contribution in [3.8, 4) is 16.2 Å². The van der Waals surface area contributed by atoms with Gasteiger partial charge in [0.25, 0.3) is 5.69 Å². The Kier molecular flexibility index (Phi) is 5.27. The number of hydrogen-bond donors (Lipinski definition) is 0. The highest BCUT2D eigenvalue weighted by Crippen LogP contribution is 2.32. The summed E-state index contributed by atoms with van der Waals surface area (Å²) >= 11 is 1.63. The number of hydrogen-bond acceptors (Lipinski definition) is 5. The molecule has 0 radical (unpaired) electrons. The Morgan fingerprint density at radius 1 is 1.19 bits per heavy atom.